The number of ether oxygens (including phenoxy) is 3. The van der Waals surface area contributed by atoms with Gasteiger partial charge in [-0.25, -0.2) is 8.42 Å². The second-order valence-corrected chi connectivity index (χ2v) is 9.60. The van der Waals surface area contributed by atoms with Gasteiger partial charge in [-0.3, -0.25) is 4.79 Å². The zero-order valence-electron chi connectivity index (χ0n) is 17.9. The Hall–Kier alpha value is -2.56. The van der Waals surface area contributed by atoms with Crippen molar-refractivity contribution in [1.82, 2.24) is 8.87 Å². The second kappa shape index (κ2) is 8.52. The summed E-state index contributed by atoms with van der Waals surface area (Å²) < 4.78 is 45.5. The van der Waals surface area contributed by atoms with Crippen LogP contribution in [0, 0.1) is 0 Å². The van der Waals surface area contributed by atoms with Gasteiger partial charge in [0.25, 0.3) is 5.91 Å². The molecule has 2 aliphatic heterocycles. The molecule has 1 N–H and O–H groups in total. The SMILES string of the molecule is CCOc1cc2c(cc1NC(=O)c1cc(S(=O)(=O)N3CCOCC3)cn1C)O[C@@H](C)C2. The number of morpholine rings is 1. The highest BCUT2D eigenvalue weighted by atomic mass is 32.2. The fraction of sp³-hybridized carbons (Fsp3) is 0.476. The number of hydrogen-bond donors (Lipinski definition) is 1. The smallest absolute Gasteiger partial charge is 0.272 e. The van der Waals surface area contributed by atoms with Crippen LogP contribution in [0.3, 0.4) is 0 Å². The van der Waals surface area contributed by atoms with E-state index in [0.29, 0.717) is 50.1 Å². The number of amides is 1. The molecule has 9 nitrogen and oxygen atoms in total. The topological polar surface area (TPSA) is 99.1 Å². The second-order valence-electron chi connectivity index (χ2n) is 7.66. The van der Waals surface area contributed by atoms with Crippen molar-refractivity contribution in [3.05, 3.63) is 35.7 Å². The van der Waals surface area contributed by atoms with E-state index >= 15 is 0 Å². The molecule has 3 heterocycles. The summed E-state index contributed by atoms with van der Waals surface area (Å²) in [6, 6.07) is 5.04. The van der Waals surface area contributed by atoms with Crippen LogP contribution in [0.1, 0.15) is 29.9 Å². The van der Waals surface area contributed by atoms with E-state index in [2.05, 4.69) is 5.32 Å². The Labute approximate surface area is 181 Å². The number of carbonyl (C=O) groups is 1. The van der Waals surface area contributed by atoms with Gasteiger partial charge in [0.1, 0.15) is 28.2 Å². The minimum Gasteiger partial charge on any atom is -0.492 e. The quantitative estimate of drug-likeness (QED) is 0.725. The third kappa shape index (κ3) is 4.28. The minimum absolute atomic E-state index is 0.0660. The molecule has 0 radical (unpaired) electrons. The molecule has 0 spiro atoms. The van der Waals surface area contributed by atoms with E-state index in [-0.39, 0.29) is 16.7 Å². The number of nitrogens with one attached hydrogen (secondary N) is 1. The number of aromatic nitrogens is 1. The maximum atomic E-state index is 13.0. The van der Waals surface area contributed by atoms with Crippen molar-refractivity contribution in [1.29, 1.82) is 0 Å². The third-order valence-electron chi connectivity index (χ3n) is 5.37. The first kappa shape index (κ1) is 21.7. The molecule has 4 rings (SSSR count). The van der Waals surface area contributed by atoms with Crippen molar-refractivity contribution in [2.24, 2.45) is 7.05 Å². The molecule has 0 bridgehead atoms. The monoisotopic (exact) mass is 449 g/mol. The zero-order valence-corrected chi connectivity index (χ0v) is 18.7. The Balaban J connectivity index is 1.59. The lowest BCUT2D eigenvalue weighted by atomic mass is 10.1. The zero-order chi connectivity index (χ0) is 22.2. The molecular weight excluding hydrogens is 422 g/mol. The molecule has 0 aliphatic carbocycles. The molecule has 0 unspecified atom stereocenters. The lowest BCUT2D eigenvalue weighted by molar-refractivity contribution is 0.0730. The first-order valence-electron chi connectivity index (χ1n) is 10.3. The fourth-order valence-electron chi connectivity index (χ4n) is 3.84. The van der Waals surface area contributed by atoms with E-state index in [1.807, 2.05) is 19.9 Å². The summed E-state index contributed by atoms with van der Waals surface area (Å²) >= 11 is 0. The summed E-state index contributed by atoms with van der Waals surface area (Å²) in [5.41, 5.74) is 1.74. The van der Waals surface area contributed by atoms with Crippen molar-refractivity contribution < 1.29 is 27.4 Å². The molecule has 1 atom stereocenters. The molecule has 1 aromatic carbocycles. The van der Waals surface area contributed by atoms with Crippen molar-refractivity contribution in [2.75, 3.05) is 38.2 Å². The fourth-order valence-corrected chi connectivity index (χ4v) is 5.32. The first-order chi connectivity index (χ1) is 14.8. The van der Waals surface area contributed by atoms with Gasteiger partial charge in [0.05, 0.1) is 25.5 Å². The number of fused-ring (bicyclic) bond motifs is 1. The summed E-state index contributed by atoms with van der Waals surface area (Å²) in [7, 11) is -2.05. The Morgan fingerprint density at radius 3 is 2.71 bits per heavy atom. The van der Waals surface area contributed by atoms with Crippen LogP contribution in [-0.2, 0) is 28.2 Å². The van der Waals surface area contributed by atoms with Crippen molar-refractivity contribution in [3.63, 3.8) is 0 Å². The van der Waals surface area contributed by atoms with Crippen molar-refractivity contribution in [2.45, 2.75) is 31.3 Å². The van der Waals surface area contributed by atoms with Gasteiger partial charge in [-0.15, -0.1) is 0 Å². The van der Waals surface area contributed by atoms with Gasteiger partial charge < -0.3 is 24.1 Å². The number of rotatable bonds is 6. The van der Waals surface area contributed by atoms with Crippen LogP contribution in [0.5, 0.6) is 11.5 Å². The van der Waals surface area contributed by atoms with Gasteiger partial charge in [-0.2, -0.15) is 4.31 Å². The predicted octanol–water partition coefficient (Wildman–Crippen LogP) is 2.02. The normalized spacial score (nSPS) is 19.0. The number of nitrogens with zero attached hydrogens (tertiary/aromatic N) is 2. The molecule has 2 aromatic rings. The van der Waals surface area contributed by atoms with Gasteiger partial charge in [0, 0.05) is 44.4 Å². The first-order valence-corrected chi connectivity index (χ1v) is 11.8. The van der Waals surface area contributed by atoms with Crippen molar-refractivity contribution >= 4 is 21.6 Å². The van der Waals surface area contributed by atoms with Gasteiger partial charge in [0.15, 0.2) is 0 Å². The van der Waals surface area contributed by atoms with Crippen LogP contribution in [0.15, 0.2) is 29.3 Å². The Morgan fingerprint density at radius 2 is 2.00 bits per heavy atom. The number of anilines is 1. The summed E-state index contributed by atoms with van der Waals surface area (Å²) in [4.78, 5) is 13.1. The van der Waals surface area contributed by atoms with Crippen LogP contribution >= 0.6 is 0 Å². The van der Waals surface area contributed by atoms with Crippen molar-refractivity contribution in [3.8, 4) is 11.5 Å². The number of sulfonamides is 1. The lowest BCUT2D eigenvalue weighted by Crippen LogP contribution is -2.40. The number of hydrogen-bond acceptors (Lipinski definition) is 6. The van der Waals surface area contributed by atoms with Crippen LogP contribution in [0.4, 0.5) is 5.69 Å². The summed E-state index contributed by atoms with van der Waals surface area (Å²) in [5.74, 6) is 0.842. The van der Waals surface area contributed by atoms with Crippen LogP contribution in [0.25, 0.3) is 0 Å². The Bertz CT molecular complexity index is 1090. The van der Waals surface area contributed by atoms with Gasteiger partial charge in [-0.05, 0) is 26.0 Å². The van der Waals surface area contributed by atoms with E-state index in [1.54, 1.807) is 13.1 Å². The number of carbonyl (C=O) groups excluding carboxylic acids is 1. The predicted molar refractivity (Wildman–Crippen MR) is 114 cm³/mol. The Kier molecular flexibility index (Phi) is 5.96. The maximum Gasteiger partial charge on any atom is 0.272 e. The number of benzene rings is 1. The van der Waals surface area contributed by atoms with Crippen LogP contribution < -0.4 is 14.8 Å². The van der Waals surface area contributed by atoms with Gasteiger partial charge in [-0.1, -0.05) is 0 Å². The average Bonchev–Trinajstić information content (AvgIpc) is 3.31. The van der Waals surface area contributed by atoms with Gasteiger partial charge >= 0.3 is 0 Å². The highest BCUT2D eigenvalue weighted by Crippen LogP contribution is 2.38. The molecule has 168 valence electrons. The van der Waals surface area contributed by atoms with E-state index < -0.39 is 15.9 Å². The van der Waals surface area contributed by atoms with E-state index in [4.69, 9.17) is 14.2 Å². The standard InChI is InChI=1S/C21H27N3O6S/c1-4-29-20-10-15-9-14(2)30-19(15)12-17(20)22-21(25)18-11-16(13-23(18)3)31(26,27)24-5-7-28-8-6-24/h10-14H,4-9H2,1-3H3,(H,22,25)/t14-/m0/s1. The molecule has 1 aromatic heterocycles. The molecule has 10 heteroatoms. The largest absolute Gasteiger partial charge is 0.492 e. The summed E-state index contributed by atoms with van der Waals surface area (Å²) in [6.07, 6.45) is 2.30. The molecule has 1 fully saturated rings. The summed E-state index contributed by atoms with van der Waals surface area (Å²) in [5, 5.41) is 2.85. The van der Waals surface area contributed by atoms with Crippen LogP contribution in [0.2, 0.25) is 0 Å². The molecular formula is C21H27N3O6S. The molecule has 1 amide bonds. The molecule has 2 aliphatic rings. The lowest BCUT2D eigenvalue weighted by Gasteiger charge is -2.25. The van der Waals surface area contributed by atoms with Gasteiger partial charge in [0.2, 0.25) is 10.0 Å². The molecule has 0 saturated carbocycles. The third-order valence-corrected chi connectivity index (χ3v) is 7.23. The molecule has 1 saturated heterocycles. The molecule has 31 heavy (non-hydrogen) atoms. The average molecular weight is 450 g/mol. The highest BCUT2D eigenvalue weighted by Gasteiger charge is 2.29. The van der Waals surface area contributed by atoms with Crippen LogP contribution in [-0.4, -0.2) is 62.2 Å². The number of aryl methyl sites for hydroxylation is 1. The summed E-state index contributed by atoms with van der Waals surface area (Å²) in [6.45, 7) is 5.62. The highest BCUT2D eigenvalue weighted by molar-refractivity contribution is 7.89. The van der Waals surface area contributed by atoms with E-state index in [0.717, 1.165) is 12.0 Å². The van der Waals surface area contributed by atoms with E-state index in [1.165, 1.54) is 21.1 Å². The minimum atomic E-state index is -3.69. The van der Waals surface area contributed by atoms with E-state index in [9.17, 15) is 13.2 Å². The maximum absolute atomic E-state index is 13.0. The Morgan fingerprint density at radius 1 is 1.26 bits per heavy atom.